The zero-order valence-electron chi connectivity index (χ0n) is 9.20. The second kappa shape index (κ2) is 3.12. The Morgan fingerprint density at radius 2 is 1.67 bits per heavy atom. The topological polar surface area (TPSA) is 60.1 Å². The molecule has 0 unspecified atom stereocenters. The molecule has 15 heavy (non-hydrogen) atoms. The SMILES string of the molecule is Cc1nc2nnc(C)c(C)n2c(=O)c1C. The van der Waals surface area contributed by atoms with Crippen molar-refractivity contribution in [3.05, 3.63) is 33.0 Å². The van der Waals surface area contributed by atoms with Crippen LogP contribution in [0.1, 0.15) is 22.6 Å². The molecular formula is C10H12N4O. The van der Waals surface area contributed by atoms with Gasteiger partial charge in [-0.3, -0.25) is 4.79 Å². The number of hydrogen-bond donors (Lipinski definition) is 0. The number of rotatable bonds is 0. The second-order valence-corrected chi connectivity index (χ2v) is 3.63. The van der Waals surface area contributed by atoms with Crippen LogP contribution in [0.25, 0.3) is 5.78 Å². The van der Waals surface area contributed by atoms with Gasteiger partial charge in [-0.1, -0.05) is 0 Å². The van der Waals surface area contributed by atoms with E-state index in [-0.39, 0.29) is 5.56 Å². The third kappa shape index (κ3) is 1.31. The second-order valence-electron chi connectivity index (χ2n) is 3.63. The smallest absolute Gasteiger partial charge is 0.262 e. The summed E-state index contributed by atoms with van der Waals surface area (Å²) in [7, 11) is 0. The standard InChI is InChI=1S/C10H12N4O/c1-5-6(2)11-10-13-12-7(3)8(4)14(10)9(5)15/h1-4H3. The molecule has 0 saturated heterocycles. The van der Waals surface area contributed by atoms with Crippen LogP contribution in [0.4, 0.5) is 0 Å². The molecule has 0 radical (unpaired) electrons. The van der Waals surface area contributed by atoms with E-state index in [0.29, 0.717) is 17.0 Å². The highest BCUT2D eigenvalue weighted by Gasteiger charge is 2.09. The first-order valence-electron chi connectivity index (χ1n) is 4.72. The molecule has 0 aromatic carbocycles. The summed E-state index contributed by atoms with van der Waals surface area (Å²) in [6.07, 6.45) is 0. The average molecular weight is 204 g/mol. The van der Waals surface area contributed by atoms with E-state index in [0.717, 1.165) is 11.4 Å². The summed E-state index contributed by atoms with van der Waals surface area (Å²) in [5, 5.41) is 7.85. The Labute approximate surface area is 86.8 Å². The minimum Gasteiger partial charge on any atom is -0.269 e. The summed E-state index contributed by atoms with van der Waals surface area (Å²) in [4.78, 5) is 16.2. The van der Waals surface area contributed by atoms with Gasteiger partial charge in [0, 0.05) is 17.0 Å². The molecule has 78 valence electrons. The van der Waals surface area contributed by atoms with Gasteiger partial charge in [-0.15, -0.1) is 5.10 Å². The van der Waals surface area contributed by atoms with E-state index in [1.807, 2.05) is 13.8 Å². The van der Waals surface area contributed by atoms with Gasteiger partial charge in [0.25, 0.3) is 11.3 Å². The Hall–Kier alpha value is -1.78. The van der Waals surface area contributed by atoms with Gasteiger partial charge in [-0.25, -0.2) is 9.38 Å². The van der Waals surface area contributed by atoms with Crippen molar-refractivity contribution >= 4 is 5.78 Å². The molecule has 0 aliphatic heterocycles. The number of aromatic nitrogens is 4. The number of nitrogens with zero attached hydrogens (tertiary/aromatic N) is 4. The molecule has 0 spiro atoms. The first-order valence-corrected chi connectivity index (χ1v) is 4.72. The molecule has 0 bridgehead atoms. The molecule has 2 rings (SSSR count). The third-order valence-electron chi connectivity index (χ3n) is 2.68. The summed E-state index contributed by atoms with van der Waals surface area (Å²) >= 11 is 0. The quantitative estimate of drug-likeness (QED) is 0.634. The van der Waals surface area contributed by atoms with Gasteiger partial charge >= 0.3 is 0 Å². The molecule has 2 aromatic rings. The molecule has 2 aromatic heterocycles. The summed E-state index contributed by atoms with van der Waals surface area (Å²) in [5.74, 6) is 0.367. The fourth-order valence-corrected chi connectivity index (χ4v) is 1.42. The van der Waals surface area contributed by atoms with E-state index in [1.54, 1.807) is 13.8 Å². The Morgan fingerprint density at radius 1 is 1.00 bits per heavy atom. The van der Waals surface area contributed by atoms with Crippen LogP contribution in [-0.2, 0) is 0 Å². The molecule has 0 atom stereocenters. The summed E-state index contributed by atoms with van der Waals surface area (Å²) < 4.78 is 1.50. The van der Waals surface area contributed by atoms with Crippen molar-refractivity contribution < 1.29 is 0 Å². The minimum atomic E-state index is -0.0620. The molecule has 5 nitrogen and oxygen atoms in total. The predicted molar refractivity (Wildman–Crippen MR) is 56.0 cm³/mol. The summed E-state index contributed by atoms with van der Waals surface area (Å²) in [5.41, 5.74) is 2.84. The van der Waals surface area contributed by atoms with Crippen LogP contribution in [0, 0.1) is 27.7 Å². The van der Waals surface area contributed by atoms with Crippen LogP contribution >= 0.6 is 0 Å². The average Bonchev–Trinajstić information content (AvgIpc) is 2.20. The maximum Gasteiger partial charge on any atom is 0.262 e. The van der Waals surface area contributed by atoms with Gasteiger partial charge in [-0.2, -0.15) is 5.10 Å². The van der Waals surface area contributed by atoms with E-state index in [9.17, 15) is 4.79 Å². The van der Waals surface area contributed by atoms with Gasteiger partial charge in [0.15, 0.2) is 0 Å². The molecule has 2 heterocycles. The highest BCUT2D eigenvalue weighted by Crippen LogP contribution is 2.04. The molecule has 0 N–H and O–H groups in total. The number of fused-ring (bicyclic) bond motifs is 1. The Kier molecular flexibility index (Phi) is 2.03. The maximum atomic E-state index is 12.0. The normalized spacial score (nSPS) is 10.9. The van der Waals surface area contributed by atoms with Gasteiger partial charge in [0.1, 0.15) is 0 Å². The Balaban J connectivity index is 3.08. The van der Waals surface area contributed by atoms with Crippen LogP contribution in [-0.4, -0.2) is 19.6 Å². The van der Waals surface area contributed by atoms with E-state index in [1.165, 1.54) is 4.40 Å². The monoisotopic (exact) mass is 204 g/mol. The van der Waals surface area contributed by atoms with E-state index in [4.69, 9.17) is 0 Å². The Morgan fingerprint density at radius 3 is 2.33 bits per heavy atom. The lowest BCUT2D eigenvalue weighted by molar-refractivity contribution is 0.830. The minimum absolute atomic E-state index is 0.0620. The van der Waals surface area contributed by atoms with Crippen molar-refractivity contribution in [3.8, 4) is 0 Å². The molecule has 5 heteroatoms. The first kappa shape index (κ1) is 9.76. The van der Waals surface area contributed by atoms with Crippen LogP contribution in [0.2, 0.25) is 0 Å². The van der Waals surface area contributed by atoms with Crippen molar-refractivity contribution in [2.24, 2.45) is 0 Å². The maximum absolute atomic E-state index is 12.0. The van der Waals surface area contributed by atoms with Crippen LogP contribution in [0.15, 0.2) is 4.79 Å². The molecule has 0 aliphatic rings. The lowest BCUT2D eigenvalue weighted by Gasteiger charge is -2.07. The molecule has 0 amide bonds. The molecule has 0 saturated carbocycles. The number of hydrogen-bond acceptors (Lipinski definition) is 4. The fourth-order valence-electron chi connectivity index (χ4n) is 1.42. The zero-order chi connectivity index (χ0) is 11.2. The van der Waals surface area contributed by atoms with Gasteiger partial charge in [0.2, 0.25) is 0 Å². The van der Waals surface area contributed by atoms with E-state index >= 15 is 0 Å². The van der Waals surface area contributed by atoms with Crippen molar-refractivity contribution in [2.45, 2.75) is 27.7 Å². The van der Waals surface area contributed by atoms with E-state index in [2.05, 4.69) is 15.2 Å². The Bertz CT molecular complexity index is 600. The third-order valence-corrected chi connectivity index (χ3v) is 2.68. The molecule has 0 fully saturated rings. The van der Waals surface area contributed by atoms with Gasteiger partial charge < -0.3 is 0 Å². The lowest BCUT2D eigenvalue weighted by Crippen LogP contribution is -2.23. The predicted octanol–water partition coefficient (Wildman–Crippen LogP) is 0.718. The van der Waals surface area contributed by atoms with Crippen LogP contribution in [0.5, 0.6) is 0 Å². The van der Waals surface area contributed by atoms with Crippen LogP contribution < -0.4 is 5.56 Å². The van der Waals surface area contributed by atoms with Gasteiger partial charge in [0.05, 0.1) is 5.69 Å². The fraction of sp³-hybridized carbons (Fsp3) is 0.400. The molecular weight excluding hydrogens is 192 g/mol. The largest absolute Gasteiger partial charge is 0.269 e. The first-order chi connectivity index (χ1) is 7.02. The summed E-state index contributed by atoms with van der Waals surface area (Å²) in [6, 6.07) is 0. The lowest BCUT2D eigenvalue weighted by atomic mass is 10.2. The van der Waals surface area contributed by atoms with Crippen molar-refractivity contribution in [1.82, 2.24) is 19.6 Å². The van der Waals surface area contributed by atoms with Crippen molar-refractivity contribution in [2.75, 3.05) is 0 Å². The van der Waals surface area contributed by atoms with Gasteiger partial charge in [-0.05, 0) is 27.7 Å². The molecule has 0 aliphatic carbocycles. The van der Waals surface area contributed by atoms with Crippen LogP contribution in [0.3, 0.4) is 0 Å². The number of aryl methyl sites for hydroxylation is 3. The van der Waals surface area contributed by atoms with E-state index < -0.39 is 0 Å². The summed E-state index contributed by atoms with van der Waals surface area (Å²) in [6.45, 7) is 7.23. The highest BCUT2D eigenvalue weighted by molar-refractivity contribution is 5.33. The highest BCUT2D eigenvalue weighted by atomic mass is 16.1. The van der Waals surface area contributed by atoms with Crippen molar-refractivity contribution in [3.63, 3.8) is 0 Å². The zero-order valence-corrected chi connectivity index (χ0v) is 9.20. The van der Waals surface area contributed by atoms with Crippen molar-refractivity contribution in [1.29, 1.82) is 0 Å².